The Hall–Kier alpha value is -1.39. The zero-order valence-corrected chi connectivity index (χ0v) is 12.8. The summed E-state index contributed by atoms with van der Waals surface area (Å²) in [4.78, 5) is 12.8. The number of carbonyl (C=O) groups is 1. The van der Waals surface area contributed by atoms with Gasteiger partial charge in [0, 0.05) is 6.54 Å². The zero-order chi connectivity index (χ0) is 15.1. The fourth-order valence-corrected chi connectivity index (χ4v) is 3.03. The van der Waals surface area contributed by atoms with Crippen LogP contribution in [0.25, 0.3) is 0 Å². The third-order valence-corrected chi connectivity index (χ3v) is 4.30. The van der Waals surface area contributed by atoms with E-state index in [1.807, 2.05) is 18.2 Å². The standard InChI is InChI=1S/C17H26N2O2/c1-14(20)6-5-11-19-16(21)17(9-12-18-13-10-17)15-7-3-2-4-8-15/h2-4,7-8,14,18,20H,5-6,9-13H2,1H3,(H,19,21). The summed E-state index contributed by atoms with van der Waals surface area (Å²) in [5.74, 6) is 0.126. The summed E-state index contributed by atoms with van der Waals surface area (Å²) in [6.45, 7) is 4.15. The van der Waals surface area contributed by atoms with E-state index in [4.69, 9.17) is 0 Å². The van der Waals surface area contributed by atoms with Gasteiger partial charge in [-0.15, -0.1) is 0 Å². The van der Waals surface area contributed by atoms with Crippen LogP contribution < -0.4 is 10.6 Å². The van der Waals surface area contributed by atoms with E-state index in [1.165, 1.54) is 0 Å². The number of hydrogen-bond acceptors (Lipinski definition) is 3. The van der Waals surface area contributed by atoms with Crippen LogP contribution in [0.1, 0.15) is 38.2 Å². The molecule has 0 bridgehead atoms. The highest BCUT2D eigenvalue weighted by Crippen LogP contribution is 2.33. The summed E-state index contributed by atoms with van der Waals surface area (Å²) in [6, 6.07) is 10.1. The van der Waals surface area contributed by atoms with Crippen molar-refractivity contribution in [2.45, 2.75) is 44.1 Å². The SMILES string of the molecule is CC(O)CCCNC(=O)C1(c2ccccc2)CCNCC1. The van der Waals surface area contributed by atoms with Gasteiger partial charge in [0.2, 0.25) is 5.91 Å². The minimum Gasteiger partial charge on any atom is -0.393 e. The molecule has 4 heteroatoms. The number of piperidine rings is 1. The number of aliphatic hydroxyl groups excluding tert-OH is 1. The summed E-state index contributed by atoms with van der Waals surface area (Å²) >= 11 is 0. The lowest BCUT2D eigenvalue weighted by Gasteiger charge is -2.36. The van der Waals surface area contributed by atoms with Gasteiger partial charge in [-0.1, -0.05) is 30.3 Å². The van der Waals surface area contributed by atoms with Gasteiger partial charge in [0.05, 0.1) is 11.5 Å². The Balaban J connectivity index is 2.04. The van der Waals surface area contributed by atoms with E-state index in [0.29, 0.717) is 6.54 Å². The lowest BCUT2D eigenvalue weighted by molar-refractivity contribution is -0.127. The van der Waals surface area contributed by atoms with Gasteiger partial charge in [-0.2, -0.15) is 0 Å². The van der Waals surface area contributed by atoms with Crippen LogP contribution in [0.5, 0.6) is 0 Å². The molecule has 1 aliphatic rings. The topological polar surface area (TPSA) is 61.4 Å². The molecule has 1 heterocycles. The maximum Gasteiger partial charge on any atom is 0.230 e. The van der Waals surface area contributed by atoms with Crippen LogP contribution in [0.3, 0.4) is 0 Å². The fraction of sp³-hybridized carbons (Fsp3) is 0.588. The van der Waals surface area contributed by atoms with E-state index in [1.54, 1.807) is 6.92 Å². The average Bonchev–Trinajstić information content (AvgIpc) is 2.52. The summed E-state index contributed by atoms with van der Waals surface area (Å²) < 4.78 is 0. The first-order chi connectivity index (χ1) is 10.1. The number of aliphatic hydroxyl groups is 1. The van der Waals surface area contributed by atoms with Crippen molar-refractivity contribution < 1.29 is 9.90 Å². The summed E-state index contributed by atoms with van der Waals surface area (Å²) in [6.07, 6.45) is 2.90. The van der Waals surface area contributed by atoms with Crippen molar-refractivity contribution in [2.24, 2.45) is 0 Å². The molecule has 0 aromatic heterocycles. The van der Waals surface area contributed by atoms with Crippen molar-refractivity contribution >= 4 is 5.91 Å². The lowest BCUT2D eigenvalue weighted by Crippen LogP contribution is -2.50. The molecular weight excluding hydrogens is 264 g/mol. The molecule has 0 aliphatic carbocycles. The van der Waals surface area contributed by atoms with Crippen LogP contribution in [0.4, 0.5) is 0 Å². The van der Waals surface area contributed by atoms with Gasteiger partial charge in [0.1, 0.15) is 0 Å². The number of nitrogens with one attached hydrogen (secondary N) is 2. The van der Waals surface area contributed by atoms with E-state index >= 15 is 0 Å². The van der Waals surface area contributed by atoms with Crippen molar-refractivity contribution in [3.8, 4) is 0 Å². The first-order valence-corrected chi connectivity index (χ1v) is 7.88. The monoisotopic (exact) mass is 290 g/mol. The second-order valence-electron chi connectivity index (χ2n) is 5.95. The largest absolute Gasteiger partial charge is 0.393 e. The van der Waals surface area contributed by atoms with Crippen LogP contribution in [0, 0.1) is 0 Å². The van der Waals surface area contributed by atoms with Gasteiger partial charge < -0.3 is 15.7 Å². The molecule has 1 saturated heterocycles. The Labute approximate surface area is 126 Å². The first-order valence-electron chi connectivity index (χ1n) is 7.88. The Kier molecular flexibility index (Phi) is 5.76. The Morgan fingerprint density at radius 1 is 1.33 bits per heavy atom. The van der Waals surface area contributed by atoms with Gasteiger partial charge in [0.25, 0.3) is 0 Å². The van der Waals surface area contributed by atoms with Gasteiger partial charge in [-0.25, -0.2) is 0 Å². The van der Waals surface area contributed by atoms with E-state index in [-0.39, 0.29) is 12.0 Å². The average molecular weight is 290 g/mol. The molecule has 1 amide bonds. The molecule has 1 aromatic rings. The number of benzene rings is 1. The number of amides is 1. The molecule has 116 valence electrons. The van der Waals surface area contributed by atoms with Crippen molar-refractivity contribution in [1.29, 1.82) is 0 Å². The van der Waals surface area contributed by atoms with Gasteiger partial charge >= 0.3 is 0 Å². The van der Waals surface area contributed by atoms with Crippen molar-refractivity contribution in [3.05, 3.63) is 35.9 Å². The minimum absolute atomic E-state index is 0.126. The summed E-state index contributed by atoms with van der Waals surface area (Å²) in [5, 5.41) is 15.7. The molecule has 1 unspecified atom stereocenters. The van der Waals surface area contributed by atoms with Gasteiger partial charge in [-0.05, 0) is 51.3 Å². The van der Waals surface area contributed by atoms with Gasteiger partial charge in [0.15, 0.2) is 0 Å². The Bertz CT molecular complexity index is 439. The second-order valence-corrected chi connectivity index (χ2v) is 5.95. The zero-order valence-electron chi connectivity index (χ0n) is 12.8. The number of carbonyl (C=O) groups excluding carboxylic acids is 1. The third kappa shape index (κ3) is 4.05. The molecule has 1 aromatic carbocycles. The van der Waals surface area contributed by atoms with Crippen molar-refractivity contribution in [1.82, 2.24) is 10.6 Å². The first kappa shape index (κ1) is 16.0. The molecule has 0 radical (unpaired) electrons. The van der Waals surface area contributed by atoms with Crippen LogP contribution >= 0.6 is 0 Å². The second kappa shape index (κ2) is 7.57. The predicted octanol–water partition coefficient (Wildman–Crippen LogP) is 1.58. The molecule has 0 saturated carbocycles. The minimum atomic E-state index is -0.405. The molecule has 4 nitrogen and oxygen atoms in total. The van der Waals surface area contributed by atoms with Crippen molar-refractivity contribution in [2.75, 3.05) is 19.6 Å². The van der Waals surface area contributed by atoms with Crippen LogP contribution in [0.15, 0.2) is 30.3 Å². The Morgan fingerprint density at radius 3 is 2.62 bits per heavy atom. The maximum absolute atomic E-state index is 12.8. The molecule has 2 rings (SSSR count). The van der Waals surface area contributed by atoms with E-state index < -0.39 is 5.41 Å². The molecule has 1 fully saturated rings. The molecular formula is C17H26N2O2. The van der Waals surface area contributed by atoms with Crippen LogP contribution in [0.2, 0.25) is 0 Å². The van der Waals surface area contributed by atoms with Crippen molar-refractivity contribution in [3.63, 3.8) is 0 Å². The van der Waals surface area contributed by atoms with E-state index in [2.05, 4.69) is 22.8 Å². The lowest BCUT2D eigenvalue weighted by atomic mass is 9.72. The van der Waals surface area contributed by atoms with Crippen LogP contribution in [-0.4, -0.2) is 36.8 Å². The molecule has 1 atom stereocenters. The highest BCUT2D eigenvalue weighted by Gasteiger charge is 2.40. The molecule has 1 aliphatic heterocycles. The number of hydrogen-bond donors (Lipinski definition) is 3. The summed E-state index contributed by atoms with van der Waals surface area (Å²) in [7, 11) is 0. The van der Waals surface area contributed by atoms with Gasteiger partial charge in [-0.3, -0.25) is 4.79 Å². The highest BCUT2D eigenvalue weighted by molar-refractivity contribution is 5.88. The molecule has 3 N–H and O–H groups in total. The fourth-order valence-electron chi connectivity index (χ4n) is 3.03. The smallest absolute Gasteiger partial charge is 0.230 e. The summed E-state index contributed by atoms with van der Waals surface area (Å²) in [5.41, 5.74) is 0.705. The van der Waals surface area contributed by atoms with E-state index in [9.17, 15) is 9.90 Å². The Morgan fingerprint density at radius 2 is 2.00 bits per heavy atom. The highest BCUT2D eigenvalue weighted by atomic mass is 16.3. The van der Waals surface area contributed by atoms with E-state index in [0.717, 1.165) is 44.3 Å². The predicted molar refractivity (Wildman–Crippen MR) is 84.1 cm³/mol. The molecule has 21 heavy (non-hydrogen) atoms. The quantitative estimate of drug-likeness (QED) is 0.697. The maximum atomic E-state index is 12.8. The third-order valence-electron chi connectivity index (χ3n) is 4.30. The normalized spacial score (nSPS) is 19.0. The number of rotatable bonds is 6. The van der Waals surface area contributed by atoms with Crippen LogP contribution in [-0.2, 0) is 10.2 Å². The molecule has 0 spiro atoms.